The van der Waals surface area contributed by atoms with Crippen molar-refractivity contribution >= 4 is 16.9 Å². The first kappa shape index (κ1) is 21.9. The van der Waals surface area contributed by atoms with Crippen LogP contribution in [0.3, 0.4) is 0 Å². The molecule has 168 valence electrons. The van der Waals surface area contributed by atoms with Gasteiger partial charge in [-0.2, -0.15) is 0 Å². The van der Waals surface area contributed by atoms with Gasteiger partial charge >= 0.3 is 0 Å². The topological polar surface area (TPSA) is 74.6 Å². The Morgan fingerprint density at radius 3 is 2.97 bits per heavy atom. The lowest BCUT2D eigenvalue weighted by Crippen LogP contribution is -2.34. The zero-order chi connectivity index (χ0) is 22.3. The molecule has 32 heavy (non-hydrogen) atoms. The fraction of sp³-hybridized carbons (Fsp3) is 0.360. The number of fused-ring (bicyclic) bond motifs is 1. The maximum Gasteiger partial charge on any atom is 0.249 e. The quantitative estimate of drug-likeness (QED) is 0.492. The molecule has 1 unspecified atom stereocenters. The highest BCUT2D eigenvalue weighted by atomic mass is 16.5. The minimum Gasteiger partial charge on any atom is -0.493 e. The Bertz CT molecular complexity index is 1090. The Kier molecular flexibility index (Phi) is 7.07. The maximum absolute atomic E-state index is 12.4. The fourth-order valence-corrected chi connectivity index (χ4v) is 3.95. The number of para-hydroxylation sites is 2. The van der Waals surface area contributed by atoms with Crippen LogP contribution in [0, 0.1) is 0 Å². The van der Waals surface area contributed by atoms with Gasteiger partial charge in [-0.3, -0.25) is 4.79 Å². The second-order valence-electron chi connectivity index (χ2n) is 7.71. The molecule has 1 amide bonds. The third kappa shape index (κ3) is 4.94. The molecule has 0 saturated carbocycles. The normalized spacial score (nSPS) is 15.6. The number of nitrogens with one attached hydrogen (secondary N) is 1. The van der Waals surface area contributed by atoms with Crippen molar-refractivity contribution in [2.45, 2.75) is 38.5 Å². The van der Waals surface area contributed by atoms with Gasteiger partial charge in [-0.25, -0.2) is 4.98 Å². The molecule has 0 spiro atoms. The monoisotopic (exact) mass is 435 g/mol. The van der Waals surface area contributed by atoms with Gasteiger partial charge in [0.15, 0.2) is 11.5 Å². The molecule has 0 bridgehead atoms. The Balaban J connectivity index is 1.45. The number of allylic oxidation sites excluding steroid dienone is 1. The third-order valence-electron chi connectivity index (χ3n) is 5.56. The fourth-order valence-electron chi connectivity index (χ4n) is 3.95. The second kappa shape index (κ2) is 10.3. The summed E-state index contributed by atoms with van der Waals surface area (Å²) in [4.78, 5) is 17.1. The predicted octanol–water partition coefficient (Wildman–Crippen LogP) is 3.65. The van der Waals surface area contributed by atoms with E-state index in [1.54, 1.807) is 7.11 Å². The van der Waals surface area contributed by atoms with E-state index in [0.29, 0.717) is 37.8 Å². The summed E-state index contributed by atoms with van der Waals surface area (Å²) in [7, 11) is 1.64. The highest BCUT2D eigenvalue weighted by molar-refractivity contribution is 5.81. The van der Waals surface area contributed by atoms with Crippen LogP contribution >= 0.6 is 0 Å². The van der Waals surface area contributed by atoms with E-state index in [4.69, 9.17) is 19.2 Å². The lowest BCUT2D eigenvalue weighted by molar-refractivity contribution is -0.130. The smallest absolute Gasteiger partial charge is 0.249 e. The molecular weight excluding hydrogens is 406 g/mol. The van der Waals surface area contributed by atoms with Gasteiger partial charge < -0.3 is 24.1 Å². The molecule has 1 aromatic heterocycles. The molecular formula is C25H29N3O4. The minimum atomic E-state index is -0.354. The van der Waals surface area contributed by atoms with E-state index in [2.05, 4.69) is 16.5 Å². The van der Waals surface area contributed by atoms with E-state index in [1.807, 2.05) is 48.5 Å². The number of carbonyl (C=O) groups is 1. The minimum absolute atomic E-state index is 0.0818. The van der Waals surface area contributed by atoms with Crippen molar-refractivity contribution in [2.75, 3.05) is 20.3 Å². The van der Waals surface area contributed by atoms with Crippen LogP contribution in [0.25, 0.3) is 11.0 Å². The van der Waals surface area contributed by atoms with E-state index in [0.717, 1.165) is 41.7 Å². The summed E-state index contributed by atoms with van der Waals surface area (Å²) in [5, 5.41) is 2.97. The number of benzene rings is 2. The highest BCUT2D eigenvalue weighted by Crippen LogP contribution is 2.28. The molecule has 1 fully saturated rings. The van der Waals surface area contributed by atoms with Crippen molar-refractivity contribution in [3.63, 3.8) is 0 Å². The van der Waals surface area contributed by atoms with Gasteiger partial charge in [-0.05, 0) is 49.1 Å². The van der Waals surface area contributed by atoms with Crippen LogP contribution in [-0.4, -0.2) is 41.9 Å². The molecule has 0 radical (unpaired) electrons. The van der Waals surface area contributed by atoms with Crippen LogP contribution < -0.4 is 14.8 Å². The standard InChI is InChI=1S/C25H29N3O4/c1-3-7-18-11-12-21(23(16-18)30-2)32-15-13-28-20-9-5-4-8-19(20)27-24(28)17-26-25(29)22-10-6-14-31-22/h3-5,8-9,11-12,16,22H,1,6-7,10,13-15,17H2,2H3,(H,26,29). The van der Waals surface area contributed by atoms with Crippen LogP contribution in [-0.2, 0) is 29.0 Å². The Labute approximate surface area is 188 Å². The molecule has 4 rings (SSSR count). The lowest BCUT2D eigenvalue weighted by atomic mass is 10.1. The van der Waals surface area contributed by atoms with Crippen molar-refractivity contribution in [1.29, 1.82) is 0 Å². The molecule has 0 aliphatic carbocycles. The van der Waals surface area contributed by atoms with Crippen LogP contribution in [0.5, 0.6) is 11.5 Å². The summed E-state index contributed by atoms with van der Waals surface area (Å²) < 4.78 is 19.1. The largest absolute Gasteiger partial charge is 0.493 e. The molecule has 1 aliphatic rings. The Hall–Kier alpha value is -3.32. The number of nitrogens with zero attached hydrogens (tertiary/aromatic N) is 2. The first-order valence-corrected chi connectivity index (χ1v) is 10.9. The first-order chi connectivity index (χ1) is 15.7. The average molecular weight is 436 g/mol. The van der Waals surface area contributed by atoms with Gasteiger partial charge in [0.25, 0.3) is 0 Å². The third-order valence-corrected chi connectivity index (χ3v) is 5.56. The van der Waals surface area contributed by atoms with Crippen LogP contribution in [0.15, 0.2) is 55.1 Å². The number of ether oxygens (including phenoxy) is 3. The maximum atomic E-state index is 12.4. The van der Waals surface area contributed by atoms with E-state index in [-0.39, 0.29) is 12.0 Å². The highest BCUT2D eigenvalue weighted by Gasteiger charge is 2.23. The zero-order valence-electron chi connectivity index (χ0n) is 18.4. The van der Waals surface area contributed by atoms with E-state index in [1.165, 1.54) is 0 Å². The Morgan fingerprint density at radius 2 is 2.19 bits per heavy atom. The summed E-state index contributed by atoms with van der Waals surface area (Å²) in [5.41, 5.74) is 3.01. The number of amides is 1. The molecule has 1 atom stereocenters. The number of hydrogen-bond donors (Lipinski definition) is 1. The van der Waals surface area contributed by atoms with Crippen molar-refractivity contribution in [3.05, 3.63) is 66.5 Å². The van der Waals surface area contributed by atoms with E-state index < -0.39 is 0 Å². The summed E-state index contributed by atoms with van der Waals surface area (Å²) in [6.07, 6.45) is 3.97. The molecule has 7 heteroatoms. The van der Waals surface area contributed by atoms with E-state index in [9.17, 15) is 4.79 Å². The van der Waals surface area contributed by atoms with Crippen molar-refractivity contribution < 1.29 is 19.0 Å². The summed E-state index contributed by atoms with van der Waals surface area (Å²) in [6.45, 7) is 5.79. The number of aromatic nitrogens is 2. The predicted molar refractivity (Wildman–Crippen MR) is 123 cm³/mol. The van der Waals surface area contributed by atoms with Crippen LogP contribution in [0.2, 0.25) is 0 Å². The molecule has 1 aliphatic heterocycles. The van der Waals surface area contributed by atoms with Crippen molar-refractivity contribution in [2.24, 2.45) is 0 Å². The number of hydrogen-bond acceptors (Lipinski definition) is 5. The van der Waals surface area contributed by atoms with Crippen molar-refractivity contribution in [1.82, 2.24) is 14.9 Å². The summed E-state index contributed by atoms with van der Waals surface area (Å²) in [5.74, 6) is 2.10. The zero-order valence-corrected chi connectivity index (χ0v) is 18.4. The van der Waals surface area contributed by atoms with Gasteiger partial charge in [0, 0.05) is 6.61 Å². The summed E-state index contributed by atoms with van der Waals surface area (Å²) in [6, 6.07) is 13.8. The van der Waals surface area contributed by atoms with Gasteiger partial charge in [0.1, 0.15) is 18.5 Å². The molecule has 1 saturated heterocycles. The Morgan fingerprint density at radius 1 is 1.31 bits per heavy atom. The van der Waals surface area contributed by atoms with Crippen LogP contribution in [0.4, 0.5) is 0 Å². The van der Waals surface area contributed by atoms with Gasteiger partial charge in [-0.1, -0.05) is 24.3 Å². The van der Waals surface area contributed by atoms with Crippen LogP contribution in [0.1, 0.15) is 24.2 Å². The van der Waals surface area contributed by atoms with Gasteiger partial charge in [0.05, 0.1) is 31.2 Å². The lowest BCUT2D eigenvalue weighted by Gasteiger charge is -2.14. The molecule has 1 N–H and O–H groups in total. The molecule has 7 nitrogen and oxygen atoms in total. The van der Waals surface area contributed by atoms with E-state index >= 15 is 0 Å². The number of imidazole rings is 1. The number of carbonyl (C=O) groups excluding carboxylic acids is 1. The van der Waals surface area contributed by atoms with Gasteiger partial charge in [-0.15, -0.1) is 6.58 Å². The van der Waals surface area contributed by atoms with Crippen molar-refractivity contribution in [3.8, 4) is 11.5 Å². The summed E-state index contributed by atoms with van der Waals surface area (Å²) >= 11 is 0. The van der Waals surface area contributed by atoms with Gasteiger partial charge in [0.2, 0.25) is 5.91 Å². The SMILES string of the molecule is C=CCc1ccc(OCCn2c(CNC(=O)C3CCCO3)nc3ccccc32)c(OC)c1. The first-order valence-electron chi connectivity index (χ1n) is 10.9. The second-order valence-corrected chi connectivity index (χ2v) is 7.71. The number of methoxy groups -OCH3 is 1. The number of rotatable bonds is 10. The molecule has 2 heterocycles. The molecule has 3 aromatic rings. The molecule has 2 aromatic carbocycles. The average Bonchev–Trinajstić information content (AvgIpc) is 3.47.